The van der Waals surface area contributed by atoms with E-state index in [9.17, 15) is 30.1 Å². The van der Waals surface area contributed by atoms with Crippen LogP contribution in [0.2, 0.25) is 0 Å². The van der Waals surface area contributed by atoms with Gasteiger partial charge in [0.25, 0.3) is 11.6 Å². The first-order chi connectivity index (χ1) is 13.2. The van der Waals surface area contributed by atoms with E-state index >= 15 is 0 Å². The van der Waals surface area contributed by atoms with Crippen LogP contribution >= 0.6 is 15.9 Å². The molecule has 144 valence electrons. The highest BCUT2D eigenvalue weighted by molar-refractivity contribution is 9.10. The Hall–Kier alpha value is -3.74. The SMILES string of the molecule is O=C(Nc1cc([N+](=O)[O-])ccc1O)c1ccc(Cn2cc(Br)c([N+](=O)[O-])n2)o1. The molecule has 0 saturated carbocycles. The van der Waals surface area contributed by atoms with Crippen LogP contribution in [0.4, 0.5) is 17.2 Å². The first kappa shape index (κ1) is 19.0. The monoisotopic (exact) mass is 451 g/mol. The van der Waals surface area contributed by atoms with Crippen molar-refractivity contribution in [3.63, 3.8) is 0 Å². The summed E-state index contributed by atoms with van der Waals surface area (Å²) in [5, 5.41) is 37.5. The van der Waals surface area contributed by atoms with Crippen molar-refractivity contribution in [3.8, 4) is 5.75 Å². The van der Waals surface area contributed by atoms with Gasteiger partial charge >= 0.3 is 5.82 Å². The standard InChI is InChI=1S/C15H10BrN5O7/c16-10-7-19(18-14(10)21(26)27)6-9-2-4-13(28-9)15(23)17-11-5-8(20(24)25)1-3-12(11)22/h1-5,7,22H,6H2,(H,17,23). The van der Waals surface area contributed by atoms with Gasteiger partial charge in [-0.1, -0.05) is 0 Å². The second kappa shape index (κ2) is 7.48. The normalized spacial score (nSPS) is 10.6. The highest BCUT2D eigenvalue weighted by atomic mass is 79.9. The van der Waals surface area contributed by atoms with E-state index < -0.39 is 15.8 Å². The number of carbonyl (C=O) groups excluding carboxylic acids is 1. The molecule has 1 amide bonds. The average molecular weight is 452 g/mol. The first-order valence-corrected chi connectivity index (χ1v) is 8.28. The van der Waals surface area contributed by atoms with Crippen LogP contribution in [0.15, 0.2) is 45.4 Å². The van der Waals surface area contributed by atoms with E-state index in [1.165, 1.54) is 23.0 Å². The van der Waals surface area contributed by atoms with Crippen LogP contribution in [-0.4, -0.2) is 30.6 Å². The molecule has 3 aromatic rings. The van der Waals surface area contributed by atoms with Crippen molar-refractivity contribution in [1.29, 1.82) is 0 Å². The van der Waals surface area contributed by atoms with Gasteiger partial charge < -0.3 is 25.0 Å². The zero-order chi connectivity index (χ0) is 20.4. The molecule has 0 spiro atoms. The molecule has 0 fully saturated rings. The van der Waals surface area contributed by atoms with Crippen LogP contribution in [-0.2, 0) is 6.54 Å². The number of aromatic hydroxyl groups is 1. The van der Waals surface area contributed by atoms with Gasteiger partial charge in [-0.3, -0.25) is 14.9 Å². The van der Waals surface area contributed by atoms with Gasteiger partial charge in [0.15, 0.2) is 5.76 Å². The van der Waals surface area contributed by atoms with Crippen LogP contribution < -0.4 is 5.32 Å². The number of halogens is 1. The molecule has 0 bridgehead atoms. The summed E-state index contributed by atoms with van der Waals surface area (Å²) in [5.41, 5.74) is -0.456. The molecule has 2 aromatic heterocycles. The number of furan rings is 1. The molecule has 0 aliphatic rings. The molecular formula is C15H10BrN5O7. The number of amides is 1. The van der Waals surface area contributed by atoms with Gasteiger partial charge in [0.2, 0.25) is 0 Å². The number of carbonyl (C=O) groups is 1. The Bertz CT molecular complexity index is 1090. The Labute approximate surface area is 163 Å². The van der Waals surface area contributed by atoms with Gasteiger partial charge in [-0.05, 0) is 39.1 Å². The number of nitrogens with one attached hydrogen (secondary N) is 1. The topological polar surface area (TPSA) is 167 Å². The summed E-state index contributed by atoms with van der Waals surface area (Å²) >= 11 is 3.03. The number of nitrogens with zero attached hydrogens (tertiary/aromatic N) is 4. The number of nitro groups is 2. The number of benzene rings is 1. The van der Waals surface area contributed by atoms with Crippen molar-refractivity contribution in [1.82, 2.24) is 9.78 Å². The Morgan fingerprint density at radius 2 is 2.00 bits per heavy atom. The third kappa shape index (κ3) is 3.98. The molecule has 0 aliphatic carbocycles. The second-order valence-corrected chi connectivity index (χ2v) is 6.29. The number of hydrogen-bond donors (Lipinski definition) is 2. The molecule has 13 heteroatoms. The summed E-state index contributed by atoms with van der Waals surface area (Å²) in [7, 11) is 0. The van der Waals surface area contributed by atoms with Crippen molar-refractivity contribution in [3.05, 3.63) is 72.8 Å². The van der Waals surface area contributed by atoms with Crippen LogP contribution in [0, 0.1) is 20.2 Å². The van der Waals surface area contributed by atoms with E-state index in [2.05, 4.69) is 26.3 Å². The van der Waals surface area contributed by atoms with Gasteiger partial charge in [-0.25, -0.2) is 0 Å². The minimum absolute atomic E-state index is 0.0295. The zero-order valence-corrected chi connectivity index (χ0v) is 15.3. The number of non-ortho nitro benzene ring substituents is 1. The Balaban J connectivity index is 1.74. The summed E-state index contributed by atoms with van der Waals surface area (Å²) in [6.45, 7) is 0.0295. The summed E-state index contributed by atoms with van der Waals surface area (Å²) in [6, 6.07) is 6.02. The van der Waals surface area contributed by atoms with Crippen LogP contribution in [0.5, 0.6) is 5.75 Å². The second-order valence-electron chi connectivity index (χ2n) is 5.43. The molecule has 2 heterocycles. The maximum Gasteiger partial charge on any atom is 0.404 e. The lowest BCUT2D eigenvalue weighted by atomic mass is 10.2. The predicted octanol–water partition coefficient (Wildman–Crippen LogP) is 3.06. The lowest BCUT2D eigenvalue weighted by Crippen LogP contribution is -2.11. The summed E-state index contributed by atoms with van der Waals surface area (Å²) in [4.78, 5) is 32.6. The van der Waals surface area contributed by atoms with E-state index in [1.807, 2.05) is 0 Å². The van der Waals surface area contributed by atoms with Crippen molar-refractivity contribution < 1.29 is 24.2 Å². The minimum atomic E-state index is -0.741. The maximum absolute atomic E-state index is 12.3. The Morgan fingerprint density at radius 3 is 2.64 bits per heavy atom. The molecule has 0 radical (unpaired) electrons. The fraction of sp³-hybridized carbons (Fsp3) is 0.0667. The molecule has 2 N–H and O–H groups in total. The molecule has 0 unspecified atom stereocenters. The van der Waals surface area contributed by atoms with E-state index in [4.69, 9.17) is 4.42 Å². The van der Waals surface area contributed by atoms with Crippen molar-refractivity contribution >= 4 is 39.0 Å². The van der Waals surface area contributed by atoms with Gasteiger partial charge in [0.05, 0.1) is 21.9 Å². The van der Waals surface area contributed by atoms with Crippen molar-refractivity contribution in [2.24, 2.45) is 0 Å². The molecule has 28 heavy (non-hydrogen) atoms. The molecule has 1 aromatic carbocycles. The third-order valence-electron chi connectivity index (χ3n) is 3.51. The number of nitro benzene ring substituents is 1. The summed E-state index contributed by atoms with van der Waals surface area (Å²) in [5.74, 6) is -1.28. The first-order valence-electron chi connectivity index (χ1n) is 7.49. The largest absolute Gasteiger partial charge is 0.506 e. The quantitative estimate of drug-likeness (QED) is 0.327. The van der Waals surface area contributed by atoms with Gasteiger partial charge in [0, 0.05) is 12.1 Å². The fourth-order valence-corrected chi connectivity index (χ4v) is 2.72. The Morgan fingerprint density at radius 1 is 1.25 bits per heavy atom. The smallest absolute Gasteiger partial charge is 0.404 e. The van der Waals surface area contributed by atoms with Gasteiger partial charge in [-0.2, -0.15) is 4.68 Å². The van der Waals surface area contributed by atoms with E-state index in [0.29, 0.717) is 5.76 Å². The highest BCUT2D eigenvalue weighted by Gasteiger charge is 2.20. The minimum Gasteiger partial charge on any atom is -0.506 e. The molecule has 12 nitrogen and oxygen atoms in total. The van der Waals surface area contributed by atoms with E-state index in [0.717, 1.165) is 18.2 Å². The average Bonchev–Trinajstić information content (AvgIpc) is 3.23. The van der Waals surface area contributed by atoms with Crippen LogP contribution in [0.25, 0.3) is 0 Å². The number of phenolic OH excluding ortho intramolecular Hbond substituents is 1. The number of phenols is 1. The predicted molar refractivity (Wildman–Crippen MR) is 97.1 cm³/mol. The van der Waals surface area contributed by atoms with Crippen LogP contribution in [0.1, 0.15) is 16.3 Å². The summed E-state index contributed by atoms with van der Waals surface area (Å²) < 4.78 is 6.83. The number of hydrogen-bond acceptors (Lipinski definition) is 8. The van der Waals surface area contributed by atoms with E-state index in [-0.39, 0.29) is 39.7 Å². The van der Waals surface area contributed by atoms with Crippen molar-refractivity contribution in [2.75, 3.05) is 5.32 Å². The lowest BCUT2D eigenvalue weighted by molar-refractivity contribution is -0.390. The maximum atomic E-state index is 12.3. The van der Waals surface area contributed by atoms with Gasteiger partial charge in [0.1, 0.15) is 22.5 Å². The highest BCUT2D eigenvalue weighted by Crippen LogP contribution is 2.28. The molecule has 3 rings (SSSR count). The molecule has 0 saturated heterocycles. The number of rotatable bonds is 6. The fourth-order valence-electron chi connectivity index (χ4n) is 2.26. The van der Waals surface area contributed by atoms with Crippen molar-refractivity contribution in [2.45, 2.75) is 6.54 Å². The zero-order valence-electron chi connectivity index (χ0n) is 13.7. The number of aromatic nitrogens is 2. The van der Waals surface area contributed by atoms with Gasteiger partial charge in [-0.15, -0.1) is 0 Å². The lowest BCUT2D eigenvalue weighted by Gasteiger charge is -2.05. The van der Waals surface area contributed by atoms with E-state index in [1.54, 1.807) is 0 Å². The van der Waals surface area contributed by atoms with Crippen LogP contribution in [0.3, 0.4) is 0 Å². The third-order valence-corrected chi connectivity index (χ3v) is 4.07. The molecule has 0 aliphatic heterocycles. The molecule has 0 atom stereocenters. The molecular weight excluding hydrogens is 442 g/mol. The Kier molecular flexibility index (Phi) is 5.08. The summed E-state index contributed by atoms with van der Waals surface area (Å²) in [6.07, 6.45) is 1.39. The number of anilines is 1.